The Kier molecular flexibility index (Phi) is 5.59. The van der Waals surface area contributed by atoms with Gasteiger partial charge in [-0.25, -0.2) is 4.39 Å². The molecule has 112 valence electrons. The zero-order valence-corrected chi connectivity index (χ0v) is 13.5. The second kappa shape index (κ2) is 7.43. The second-order valence-corrected chi connectivity index (χ2v) is 5.43. The van der Waals surface area contributed by atoms with Crippen molar-refractivity contribution < 1.29 is 13.9 Å². The van der Waals surface area contributed by atoms with Crippen molar-refractivity contribution in [2.45, 2.75) is 13.1 Å². The summed E-state index contributed by atoms with van der Waals surface area (Å²) in [5.41, 5.74) is 1.58. The van der Waals surface area contributed by atoms with Crippen molar-refractivity contribution >= 4 is 15.9 Å². The number of methoxy groups -OCH3 is 2. The second-order valence-electron chi connectivity index (χ2n) is 4.52. The molecule has 5 heteroatoms. The van der Waals surface area contributed by atoms with Gasteiger partial charge in [0.05, 0.1) is 14.2 Å². The maximum absolute atomic E-state index is 13.7. The Morgan fingerprint density at radius 3 is 2.48 bits per heavy atom. The molecule has 21 heavy (non-hydrogen) atoms. The average molecular weight is 354 g/mol. The third-order valence-electron chi connectivity index (χ3n) is 3.13. The van der Waals surface area contributed by atoms with E-state index in [1.165, 1.54) is 6.07 Å². The highest BCUT2D eigenvalue weighted by atomic mass is 79.9. The van der Waals surface area contributed by atoms with Gasteiger partial charge in [0.1, 0.15) is 17.3 Å². The minimum absolute atomic E-state index is 0.219. The minimum Gasteiger partial charge on any atom is -0.497 e. The summed E-state index contributed by atoms with van der Waals surface area (Å²) in [4.78, 5) is 0. The van der Waals surface area contributed by atoms with Crippen LogP contribution in [0, 0.1) is 5.82 Å². The summed E-state index contributed by atoms with van der Waals surface area (Å²) >= 11 is 3.34. The number of nitrogens with one attached hydrogen (secondary N) is 1. The van der Waals surface area contributed by atoms with E-state index in [1.54, 1.807) is 26.4 Å². The van der Waals surface area contributed by atoms with E-state index >= 15 is 0 Å². The van der Waals surface area contributed by atoms with Crippen molar-refractivity contribution in [2.24, 2.45) is 0 Å². The molecule has 0 saturated heterocycles. The average Bonchev–Trinajstić information content (AvgIpc) is 2.50. The number of rotatable bonds is 6. The lowest BCUT2D eigenvalue weighted by molar-refractivity contribution is 0.397. The van der Waals surface area contributed by atoms with E-state index in [-0.39, 0.29) is 5.82 Å². The summed E-state index contributed by atoms with van der Waals surface area (Å²) in [6.45, 7) is 0.998. The fourth-order valence-corrected chi connectivity index (χ4v) is 2.44. The molecule has 0 unspecified atom stereocenters. The zero-order chi connectivity index (χ0) is 15.2. The molecule has 0 radical (unpaired) electrons. The highest BCUT2D eigenvalue weighted by Crippen LogP contribution is 2.24. The van der Waals surface area contributed by atoms with Gasteiger partial charge >= 0.3 is 0 Å². The quantitative estimate of drug-likeness (QED) is 0.854. The zero-order valence-electron chi connectivity index (χ0n) is 12.0. The Balaban J connectivity index is 2.04. The third kappa shape index (κ3) is 4.19. The number of hydrogen-bond acceptors (Lipinski definition) is 3. The lowest BCUT2D eigenvalue weighted by Gasteiger charge is -2.12. The molecule has 0 bridgehead atoms. The van der Waals surface area contributed by atoms with Gasteiger partial charge in [-0.1, -0.05) is 15.9 Å². The molecule has 0 heterocycles. The molecule has 0 aliphatic carbocycles. The van der Waals surface area contributed by atoms with Crippen LogP contribution >= 0.6 is 15.9 Å². The van der Waals surface area contributed by atoms with Crippen LogP contribution in [-0.4, -0.2) is 14.2 Å². The van der Waals surface area contributed by atoms with Crippen molar-refractivity contribution in [1.82, 2.24) is 5.32 Å². The van der Waals surface area contributed by atoms with E-state index in [4.69, 9.17) is 9.47 Å². The third-order valence-corrected chi connectivity index (χ3v) is 3.62. The van der Waals surface area contributed by atoms with Gasteiger partial charge in [0, 0.05) is 28.7 Å². The SMILES string of the molecule is COc1ccc(OC)c(CNCc2cc(Br)ccc2F)c1. The molecule has 0 aromatic heterocycles. The van der Waals surface area contributed by atoms with Gasteiger partial charge in [0.15, 0.2) is 0 Å². The first kappa shape index (κ1) is 15.8. The van der Waals surface area contributed by atoms with Crippen molar-refractivity contribution in [3.05, 3.63) is 57.8 Å². The van der Waals surface area contributed by atoms with E-state index in [1.807, 2.05) is 18.2 Å². The predicted molar refractivity (Wildman–Crippen MR) is 84.2 cm³/mol. The van der Waals surface area contributed by atoms with Gasteiger partial charge in [-0.15, -0.1) is 0 Å². The van der Waals surface area contributed by atoms with E-state index < -0.39 is 0 Å². The molecule has 2 aromatic rings. The molecule has 0 atom stereocenters. The van der Waals surface area contributed by atoms with Crippen LogP contribution < -0.4 is 14.8 Å². The topological polar surface area (TPSA) is 30.5 Å². The highest BCUT2D eigenvalue weighted by Gasteiger charge is 2.06. The number of halogens is 2. The highest BCUT2D eigenvalue weighted by molar-refractivity contribution is 9.10. The molecule has 0 fully saturated rings. The van der Waals surface area contributed by atoms with Gasteiger partial charge in [-0.3, -0.25) is 0 Å². The van der Waals surface area contributed by atoms with Crippen molar-refractivity contribution in [2.75, 3.05) is 14.2 Å². The largest absolute Gasteiger partial charge is 0.497 e. The first-order chi connectivity index (χ1) is 10.1. The Morgan fingerprint density at radius 1 is 1.00 bits per heavy atom. The Bertz CT molecular complexity index is 619. The van der Waals surface area contributed by atoms with Crippen molar-refractivity contribution in [3.8, 4) is 11.5 Å². The molecule has 1 N–H and O–H groups in total. The van der Waals surface area contributed by atoms with Crippen LogP contribution in [0.15, 0.2) is 40.9 Å². The predicted octanol–water partition coefficient (Wildman–Crippen LogP) is 3.90. The maximum Gasteiger partial charge on any atom is 0.127 e. The molecular weight excluding hydrogens is 337 g/mol. The summed E-state index contributed by atoms with van der Waals surface area (Å²) in [6.07, 6.45) is 0. The molecule has 0 saturated carbocycles. The Hall–Kier alpha value is -1.59. The molecule has 3 nitrogen and oxygen atoms in total. The first-order valence-electron chi connectivity index (χ1n) is 6.49. The van der Waals surface area contributed by atoms with Crippen LogP contribution in [0.5, 0.6) is 11.5 Å². The van der Waals surface area contributed by atoms with E-state index in [2.05, 4.69) is 21.2 Å². The van der Waals surface area contributed by atoms with Gasteiger partial charge < -0.3 is 14.8 Å². The molecule has 0 spiro atoms. The van der Waals surface area contributed by atoms with Gasteiger partial charge in [-0.05, 0) is 36.4 Å². The maximum atomic E-state index is 13.7. The normalized spacial score (nSPS) is 10.5. The van der Waals surface area contributed by atoms with Crippen LogP contribution in [0.25, 0.3) is 0 Å². The molecule has 0 aliphatic rings. The standard InChI is InChI=1S/C16H17BrFNO2/c1-20-14-4-6-16(21-2)12(8-14)10-19-9-11-7-13(17)3-5-15(11)18/h3-8,19H,9-10H2,1-2H3. The fraction of sp³-hybridized carbons (Fsp3) is 0.250. The first-order valence-corrected chi connectivity index (χ1v) is 7.29. The summed E-state index contributed by atoms with van der Waals surface area (Å²) in [5.74, 6) is 1.32. The van der Waals surface area contributed by atoms with Gasteiger partial charge in [0.2, 0.25) is 0 Å². The van der Waals surface area contributed by atoms with E-state index in [9.17, 15) is 4.39 Å². The van der Waals surface area contributed by atoms with Crippen molar-refractivity contribution in [1.29, 1.82) is 0 Å². The summed E-state index contributed by atoms with van der Waals surface area (Å²) < 4.78 is 25.0. The van der Waals surface area contributed by atoms with Crippen LogP contribution in [-0.2, 0) is 13.1 Å². The monoisotopic (exact) mass is 353 g/mol. The lowest BCUT2D eigenvalue weighted by Crippen LogP contribution is -2.14. The molecular formula is C16H17BrFNO2. The minimum atomic E-state index is -0.219. The number of hydrogen-bond donors (Lipinski definition) is 1. The summed E-state index contributed by atoms with van der Waals surface area (Å²) in [5, 5.41) is 3.22. The molecule has 0 amide bonds. The van der Waals surface area contributed by atoms with Gasteiger partial charge in [-0.2, -0.15) is 0 Å². The summed E-state index contributed by atoms with van der Waals surface area (Å²) in [6, 6.07) is 10.5. The molecule has 2 rings (SSSR count). The van der Waals surface area contributed by atoms with Crippen LogP contribution in [0.4, 0.5) is 4.39 Å². The van der Waals surface area contributed by atoms with Gasteiger partial charge in [0.25, 0.3) is 0 Å². The van der Waals surface area contributed by atoms with Crippen LogP contribution in [0.1, 0.15) is 11.1 Å². The molecule has 2 aromatic carbocycles. The van der Waals surface area contributed by atoms with Crippen LogP contribution in [0.2, 0.25) is 0 Å². The van der Waals surface area contributed by atoms with E-state index in [0.29, 0.717) is 18.7 Å². The number of ether oxygens (including phenoxy) is 2. The Morgan fingerprint density at radius 2 is 1.76 bits per heavy atom. The van der Waals surface area contributed by atoms with E-state index in [0.717, 1.165) is 21.5 Å². The lowest BCUT2D eigenvalue weighted by atomic mass is 10.1. The molecule has 0 aliphatic heterocycles. The fourth-order valence-electron chi connectivity index (χ4n) is 2.03. The Labute approximate surface area is 132 Å². The summed E-state index contributed by atoms with van der Waals surface area (Å²) in [7, 11) is 3.25. The van der Waals surface area contributed by atoms with Crippen molar-refractivity contribution in [3.63, 3.8) is 0 Å². The number of benzene rings is 2. The smallest absolute Gasteiger partial charge is 0.127 e. The van der Waals surface area contributed by atoms with Crippen LogP contribution in [0.3, 0.4) is 0 Å².